The van der Waals surface area contributed by atoms with Gasteiger partial charge in [0, 0.05) is 17.8 Å². The zero-order valence-corrected chi connectivity index (χ0v) is 10.1. The van der Waals surface area contributed by atoms with E-state index in [1.165, 1.54) is 12.1 Å². The smallest absolute Gasteiger partial charge is 0.253 e. The van der Waals surface area contributed by atoms with Crippen LogP contribution in [0, 0.1) is 5.82 Å². The molecule has 2 rings (SSSR count). The van der Waals surface area contributed by atoms with E-state index in [4.69, 9.17) is 0 Å². The van der Waals surface area contributed by atoms with Crippen molar-refractivity contribution >= 4 is 11.6 Å². The number of carbonyl (C=O) groups is 1. The SMILES string of the molecule is CC(C)NC(=O)c1cc(F)ccc1NC1CC1. The normalized spacial score (nSPS) is 14.8. The topological polar surface area (TPSA) is 41.1 Å². The van der Waals surface area contributed by atoms with Gasteiger partial charge in [-0.2, -0.15) is 0 Å². The van der Waals surface area contributed by atoms with Crippen molar-refractivity contribution in [3.63, 3.8) is 0 Å². The molecule has 1 aromatic rings. The summed E-state index contributed by atoms with van der Waals surface area (Å²) in [6, 6.07) is 4.76. The number of hydrogen-bond acceptors (Lipinski definition) is 2. The van der Waals surface area contributed by atoms with Gasteiger partial charge in [-0.1, -0.05) is 0 Å². The van der Waals surface area contributed by atoms with Gasteiger partial charge >= 0.3 is 0 Å². The van der Waals surface area contributed by atoms with Gasteiger partial charge in [-0.05, 0) is 44.9 Å². The minimum Gasteiger partial charge on any atom is -0.382 e. The molecule has 3 nitrogen and oxygen atoms in total. The number of anilines is 1. The molecule has 1 saturated carbocycles. The summed E-state index contributed by atoms with van der Waals surface area (Å²) in [6.07, 6.45) is 2.23. The van der Waals surface area contributed by atoms with E-state index in [9.17, 15) is 9.18 Å². The minimum absolute atomic E-state index is 0.0412. The highest BCUT2D eigenvalue weighted by molar-refractivity contribution is 5.99. The fourth-order valence-corrected chi connectivity index (χ4v) is 1.62. The maximum Gasteiger partial charge on any atom is 0.253 e. The molecule has 1 amide bonds. The third-order valence-electron chi connectivity index (χ3n) is 2.58. The molecule has 1 aliphatic carbocycles. The highest BCUT2D eigenvalue weighted by Gasteiger charge is 2.23. The number of rotatable bonds is 4. The first kappa shape index (κ1) is 11.9. The molecule has 92 valence electrons. The van der Waals surface area contributed by atoms with Gasteiger partial charge in [0.1, 0.15) is 5.82 Å². The van der Waals surface area contributed by atoms with E-state index in [1.54, 1.807) is 6.07 Å². The summed E-state index contributed by atoms with van der Waals surface area (Å²) in [4.78, 5) is 11.9. The lowest BCUT2D eigenvalue weighted by Gasteiger charge is -2.13. The molecular formula is C13H17FN2O. The molecule has 0 saturated heterocycles. The van der Waals surface area contributed by atoms with Crippen LogP contribution in [0.2, 0.25) is 0 Å². The molecular weight excluding hydrogens is 219 g/mol. The predicted octanol–water partition coefficient (Wildman–Crippen LogP) is 2.54. The van der Waals surface area contributed by atoms with Gasteiger partial charge in [-0.25, -0.2) is 4.39 Å². The fraction of sp³-hybridized carbons (Fsp3) is 0.462. The molecule has 1 aliphatic rings. The zero-order chi connectivity index (χ0) is 12.4. The van der Waals surface area contributed by atoms with Gasteiger partial charge in [0.05, 0.1) is 5.56 Å². The average molecular weight is 236 g/mol. The summed E-state index contributed by atoms with van der Waals surface area (Å²) in [6.45, 7) is 3.76. The maximum absolute atomic E-state index is 13.2. The van der Waals surface area contributed by atoms with E-state index in [2.05, 4.69) is 10.6 Å². The van der Waals surface area contributed by atoms with Crippen LogP contribution in [0.1, 0.15) is 37.0 Å². The van der Waals surface area contributed by atoms with Crippen LogP contribution in [0.15, 0.2) is 18.2 Å². The van der Waals surface area contributed by atoms with Crippen molar-refractivity contribution in [2.45, 2.75) is 38.8 Å². The van der Waals surface area contributed by atoms with E-state index >= 15 is 0 Å². The summed E-state index contributed by atoms with van der Waals surface area (Å²) < 4.78 is 13.2. The van der Waals surface area contributed by atoms with Crippen LogP contribution in [0.3, 0.4) is 0 Å². The quantitative estimate of drug-likeness (QED) is 0.843. The minimum atomic E-state index is -0.389. The molecule has 0 heterocycles. The highest BCUT2D eigenvalue weighted by Crippen LogP contribution is 2.27. The Labute approximate surface area is 100 Å². The first-order valence-electron chi connectivity index (χ1n) is 5.93. The third-order valence-corrected chi connectivity index (χ3v) is 2.58. The number of carbonyl (C=O) groups excluding carboxylic acids is 1. The summed E-state index contributed by atoms with van der Waals surface area (Å²) in [5, 5.41) is 6.01. The summed E-state index contributed by atoms with van der Waals surface area (Å²) in [7, 11) is 0. The van der Waals surface area contributed by atoms with Crippen LogP contribution in [0.4, 0.5) is 10.1 Å². The van der Waals surface area contributed by atoms with E-state index in [0.29, 0.717) is 17.3 Å². The van der Waals surface area contributed by atoms with Crippen molar-refractivity contribution in [2.24, 2.45) is 0 Å². The largest absolute Gasteiger partial charge is 0.382 e. The van der Waals surface area contributed by atoms with Crippen molar-refractivity contribution in [2.75, 3.05) is 5.32 Å². The Morgan fingerprint density at radius 2 is 2.12 bits per heavy atom. The molecule has 0 aliphatic heterocycles. The Kier molecular flexibility index (Phi) is 3.31. The second-order valence-corrected chi connectivity index (χ2v) is 4.74. The lowest BCUT2D eigenvalue weighted by Crippen LogP contribution is -2.30. The molecule has 4 heteroatoms. The van der Waals surface area contributed by atoms with Crippen molar-refractivity contribution in [1.82, 2.24) is 5.32 Å². The Morgan fingerprint density at radius 3 is 2.71 bits per heavy atom. The summed E-state index contributed by atoms with van der Waals surface area (Å²) in [5.74, 6) is -0.622. The van der Waals surface area contributed by atoms with Crippen LogP contribution in [-0.4, -0.2) is 18.0 Å². The first-order valence-corrected chi connectivity index (χ1v) is 5.93. The maximum atomic E-state index is 13.2. The van der Waals surface area contributed by atoms with Gasteiger partial charge in [-0.15, -0.1) is 0 Å². The Morgan fingerprint density at radius 1 is 1.41 bits per heavy atom. The average Bonchev–Trinajstić information content (AvgIpc) is 3.03. The number of nitrogens with one attached hydrogen (secondary N) is 2. The molecule has 0 radical (unpaired) electrons. The number of halogens is 1. The van der Waals surface area contributed by atoms with E-state index < -0.39 is 0 Å². The number of benzene rings is 1. The van der Waals surface area contributed by atoms with Gasteiger partial charge in [0.15, 0.2) is 0 Å². The fourth-order valence-electron chi connectivity index (χ4n) is 1.62. The van der Waals surface area contributed by atoms with Gasteiger partial charge in [0.2, 0.25) is 0 Å². The summed E-state index contributed by atoms with van der Waals surface area (Å²) >= 11 is 0. The Bertz CT molecular complexity index is 427. The van der Waals surface area contributed by atoms with Crippen LogP contribution in [0.5, 0.6) is 0 Å². The molecule has 17 heavy (non-hydrogen) atoms. The van der Waals surface area contributed by atoms with Crippen molar-refractivity contribution in [1.29, 1.82) is 0 Å². The third kappa shape index (κ3) is 3.19. The molecule has 0 aromatic heterocycles. The van der Waals surface area contributed by atoms with Gasteiger partial charge < -0.3 is 10.6 Å². The standard InChI is InChI=1S/C13H17FN2O/c1-8(2)15-13(17)11-7-9(14)3-6-12(11)16-10-4-5-10/h3,6-8,10,16H,4-5H2,1-2H3,(H,15,17). The van der Waals surface area contributed by atoms with Crippen LogP contribution in [-0.2, 0) is 0 Å². The molecule has 2 N–H and O–H groups in total. The Hall–Kier alpha value is -1.58. The van der Waals surface area contributed by atoms with E-state index in [-0.39, 0.29) is 17.8 Å². The van der Waals surface area contributed by atoms with E-state index in [0.717, 1.165) is 12.8 Å². The second kappa shape index (κ2) is 4.73. The first-order chi connectivity index (χ1) is 8.06. The van der Waals surface area contributed by atoms with E-state index in [1.807, 2.05) is 13.8 Å². The molecule has 0 unspecified atom stereocenters. The lowest BCUT2D eigenvalue weighted by atomic mass is 10.1. The molecule has 0 atom stereocenters. The molecule has 0 bridgehead atoms. The predicted molar refractivity (Wildman–Crippen MR) is 65.6 cm³/mol. The van der Waals surface area contributed by atoms with Crippen LogP contribution in [0.25, 0.3) is 0 Å². The lowest BCUT2D eigenvalue weighted by molar-refractivity contribution is 0.0943. The molecule has 0 spiro atoms. The summed E-state index contributed by atoms with van der Waals surface area (Å²) in [5.41, 5.74) is 1.10. The van der Waals surface area contributed by atoms with Crippen molar-refractivity contribution in [3.8, 4) is 0 Å². The van der Waals surface area contributed by atoms with Gasteiger partial charge in [0.25, 0.3) is 5.91 Å². The number of hydrogen-bond donors (Lipinski definition) is 2. The van der Waals surface area contributed by atoms with Crippen LogP contribution < -0.4 is 10.6 Å². The zero-order valence-electron chi connectivity index (χ0n) is 10.1. The second-order valence-electron chi connectivity index (χ2n) is 4.74. The van der Waals surface area contributed by atoms with Crippen molar-refractivity contribution < 1.29 is 9.18 Å². The van der Waals surface area contributed by atoms with Crippen molar-refractivity contribution in [3.05, 3.63) is 29.6 Å². The Balaban J connectivity index is 2.21. The molecule has 1 aromatic carbocycles. The monoisotopic (exact) mass is 236 g/mol. The van der Waals surface area contributed by atoms with Crippen LogP contribution >= 0.6 is 0 Å². The molecule has 1 fully saturated rings. The highest BCUT2D eigenvalue weighted by atomic mass is 19.1. The van der Waals surface area contributed by atoms with Gasteiger partial charge in [-0.3, -0.25) is 4.79 Å². The number of amides is 1.